The summed E-state index contributed by atoms with van der Waals surface area (Å²) < 4.78 is 0. The summed E-state index contributed by atoms with van der Waals surface area (Å²) in [6.45, 7) is 6.74. The van der Waals surface area contributed by atoms with Gasteiger partial charge in [-0.25, -0.2) is 0 Å². The van der Waals surface area contributed by atoms with Gasteiger partial charge in [-0.2, -0.15) is 0 Å². The summed E-state index contributed by atoms with van der Waals surface area (Å²) in [7, 11) is 3.95. The molecule has 0 fully saturated rings. The first-order chi connectivity index (χ1) is 7.80. The first-order valence-electron chi connectivity index (χ1n) is 5.78. The van der Waals surface area contributed by atoms with Crippen molar-refractivity contribution in [3.8, 4) is 0 Å². The van der Waals surface area contributed by atoms with E-state index in [-0.39, 0.29) is 0 Å². The molecule has 2 aliphatic rings. The van der Waals surface area contributed by atoms with Gasteiger partial charge in [0.25, 0.3) is 14.3 Å². The van der Waals surface area contributed by atoms with Gasteiger partial charge in [0.2, 0.25) is 0 Å². The van der Waals surface area contributed by atoms with E-state index in [2.05, 4.69) is 42.2 Å². The van der Waals surface area contributed by atoms with E-state index in [1.54, 1.807) is 0 Å². The molecule has 1 N–H and O–H groups in total. The fourth-order valence-corrected chi connectivity index (χ4v) is 1.02. The lowest BCUT2D eigenvalue weighted by molar-refractivity contribution is 0.716. The number of nitrogens with zero attached hydrogens (tertiary/aromatic N) is 1. The van der Waals surface area contributed by atoms with E-state index in [4.69, 9.17) is 0 Å². The lowest BCUT2D eigenvalue weighted by Crippen LogP contribution is -2.27. The summed E-state index contributed by atoms with van der Waals surface area (Å²) in [5.41, 5.74) is 0. The zero-order valence-electron chi connectivity index (χ0n) is 10.7. The molecule has 0 bridgehead atoms. The average Bonchev–Trinajstić information content (AvgIpc) is 2.38. The molecule has 0 saturated heterocycles. The summed E-state index contributed by atoms with van der Waals surface area (Å²) in [6.07, 6.45) is 12.0. The Morgan fingerprint density at radius 3 is 2.12 bits per heavy atom. The molecule has 0 amide bonds. The lowest BCUT2D eigenvalue weighted by Gasteiger charge is -2.18. The van der Waals surface area contributed by atoms with E-state index < -0.39 is 0 Å². The average molecular weight is 215 g/mol. The van der Waals surface area contributed by atoms with Crippen LogP contribution in [0, 0.1) is 0 Å². The molecule has 0 aromatic carbocycles. The van der Waals surface area contributed by atoms with Crippen LogP contribution in [0.3, 0.4) is 0 Å². The fourth-order valence-electron chi connectivity index (χ4n) is 1.02. The zero-order valence-corrected chi connectivity index (χ0v) is 10.7. The standard InChI is InChI=1S/C6H10BN.C4H5BN.C2H6/c1-7-5-3-4-6-8(7)2;1-2-4-6-5-3-1;1-2/h3-6H,1-2H3;1-4,6H;1-2H3. The van der Waals surface area contributed by atoms with Crippen LogP contribution < -0.4 is 5.23 Å². The van der Waals surface area contributed by atoms with E-state index in [1.807, 2.05) is 51.7 Å². The van der Waals surface area contributed by atoms with Crippen LogP contribution in [0.1, 0.15) is 13.8 Å². The zero-order chi connectivity index (χ0) is 12.2. The maximum atomic E-state index is 2.89. The van der Waals surface area contributed by atoms with E-state index in [0.717, 1.165) is 0 Å². The normalized spacial score (nSPS) is 15.2. The van der Waals surface area contributed by atoms with Crippen molar-refractivity contribution in [2.45, 2.75) is 20.7 Å². The van der Waals surface area contributed by atoms with Crippen LogP contribution in [0.15, 0.2) is 48.7 Å². The molecule has 4 heteroatoms. The van der Waals surface area contributed by atoms with Crippen LogP contribution in [0.4, 0.5) is 0 Å². The third-order valence-corrected chi connectivity index (χ3v) is 2.07. The van der Waals surface area contributed by atoms with Crippen LogP contribution in [-0.4, -0.2) is 26.1 Å². The molecule has 85 valence electrons. The van der Waals surface area contributed by atoms with Crippen molar-refractivity contribution < 1.29 is 0 Å². The van der Waals surface area contributed by atoms with Crippen molar-refractivity contribution in [3.05, 3.63) is 48.7 Å². The second-order valence-corrected chi connectivity index (χ2v) is 3.21. The van der Waals surface area contributed by atoms with Gasteiger partial charge in [-0.3, -0.25) is 0 Å². The van der Waals surface area contributed by atoms with Gasteiger partial charge in [0.1, 0.15) is 0 Å². The van der Waals surface area contributed by atoms with Crippen molar-refractivity contribution in [2.24, 2.45) is 0 Å². The van der Waals surface area contributed by atoms with Gasteiger partial charge in [-0.15, -0.1) is 0 Å². The van der Waals surface area contributed by atoms with Gasteiger partial charge in [0, 0.05) is 0 Å². The minimum absolute atomic E-state index is 0.569. The highest BCUT2D eigenvalue weighted by molar-refractivity contribution is 6.60. The molecule has 2 nitrogen and oxygen atoms in total. The van der Waals surface area contributed by atoms with Crippen LogP contribution in [0.5, 0.6) is 0 Å². The molecule has 2 heterocycles. The molecular formula is C12H21B2N2. The van der Waals surface area contributed by atoms with Gasteiger partial charge >= 0.3 is 0 Å². The Hall–Kier alpha value is -1.31. The van der Waals surface area contributed by atoms with Crippen molar-refractivity contribution in [3.63, 3.8) is 0 Å². The molecule has 16 heavy (non-hydrogen) atoms. The molecule has 0 atom stereocenters. The minimum Gasteiger partial charge on any atom is -0.434 e. The first-order valence-corrected chi connectivity index (χ1v) is 5.78. The fraction of sp³-hybridized carbons (Fsp3) is 0.333. The summed E-state index contributed by atoms with van der Waals surface area (Å²) >= 11 is 0. The first kappa shape index (κ1) is 14.7. The second kappa shape index (κ2) is 10.2. The predicted octanol–water partition coefficient (Wildman–Crippen LogP) is 2.42. The summed E-state index contributed by atoms with van der Waals surface area (Å²) in [6, 6.07) is 0. The second-order valence-electron chi connectivity index (χ2n) is 3.21. The van der Waals surface area contributed by atoms with Gasteiger partial charge in [-0.05, 0) is 31.6 Å². The van der Waals surface area contributed by atoms with Crippen LogP contribution >= 0.6 is 0 Å². The molecule has 0 aliphatic carbocycles. The van der Waals surface area contributed by atoms with Crippen LogP contribution in [0.25, 0.3) is 0 Å². The molecule has 0 unspecified atom stereocenters. The number of hydrogen-bond donors (Lipinski definition) is 1. The topological polar surface area (TPSA) is 15.3 Å². The summed E-state index contributed by atoms with van der Waals surface area (Å²) in [4.78, 5) is 2.17. The van der Waals surface area contributed by atoms with Gasteiger partial charge < -0.3 is 10.0 Å². The predicted molar refractivity (Wildman–Crippen MR) is 76.2 cm³/mol. The van der Waals surface area contributed by atoms with Crippen LogP contribution in [0.2, 0.25) is 6.82 Å². The van der Waals surface area contributed by atoms with E-state index in [9.17, 15) is 0 Å². The molecule has 2 aliphatic heterocycles. The van der Waals surface area contributed by atoms with Crippen molar-refractivity contribution in [1.82, 2.24) is 10.0 Å². The smallest absolute Gasteiger partial charge is 0.277 e. The summed E-state index contributed by atoms with van der Waals surface area (Å²) in [5.74, 6) is 4.11. The largest absolute Gasteiger partial charge is 0.434 e. The highest BCUT2D eigenvalue weighted by Gasteiger charge is 2.06. The Labute approximate surface area is 101 Å². The molecule has 0 aromatic heterocycles. The third-order valence-electron chi connectivity index (χ3n) is 2.07. The van der Waals surface area contributed by atoms with E-state index in [1.165, 1.54) is 0 Å². The molecule has 0 spiro atoms. The highest BCUT2D eigenvalue weighted by Crippen LogP contribution is 1.99. The number of nitrogens with one attached hydrogen (secondary N) is 1. The third kappa shape index (κ3) is 7.04. The molecule has 2 rings (SSSR count). The van der Waals surface area contributed by atoms with Crippen molar-refractivity contribution >= 4 is 14.3 Å². The monoisotopic (exact) mass is 215 g/mol. The number of hydrogen-bond acceptors (Lipinski definition) is 2. The Kier molecular flexibility index (Phi) is 9.38. The molecular weight excluding hydrogens is 194 g/mol. The van der Waals surface area contributed by atoms with Gasteiger partial charge in [0.05, 0.1) is 0 Å². The maximum absolute atomic E-state index is 2.89. The van der Waals surface area contributed by atoms with Gasteiger partial charge in [-0.1, -0.05) is 44.8 Å². The van der Waals surface area contributed by atoms with Gasteiger partial charge in [0.15, 0.2) is 0 Å². The van der Waals surface area contributed by atoms with Crippen molar-refractivity contribution in [2.75, 3.05) is 7.05 Å². The molecule has 0 saturated carbocycles. The van der Waals surface area contributed by atoms with Crippen LogP contribution in [-0.2, 0) is 0 Å². The highest BCUT2D eigenvalue weighted by atomic mass is 15.0. The van der Waals surface area contributed by atoms with E-state index >= 15 is 0 Å². The number of rotatable bonds is 0. The Balaban J connectivity index is 0.000000251. The maximum Gasteiger partial charge on any atom is 0.277 e. The SMILES string of the molecule is CB1C=CC=CN1C.CC.[B]1C=CC=CN1. The summed E-state index contributed by atoms with van der Waals surface area (Å²) in [5, 5.41) is 2.89. The van der Waals surface area contributed by atoms with E-state index in [0.29, 0.717) is 6.85 Å². The Bertz CT molecular complexity index is 242. The molecule has 0 aromatic rings. The Morgan fingerprint density at radius 2 is 1.88 bits per heavy atom. The number of allylic oxidation sites excluding steroid dienone is 4. The quantitative estimate of drug-likeness (QED) is 0.624. The Morgan fingerprint density at radius 1 is 1.12 bits per heavy atom. The molecule has 1 radical (unpaired) electrons. The minimum atomic E-state index is 0.569. The van der Waals surface area contributed by atoms with Crippen molar-refractivity contribution in [1.29, 1.82) is 0 Å². The lowest BCUT2D eigenvalue weighted by atomic mass is 9.62.